The predicted octanol–water partition coefficient (Wildman–Crippen LogP) is 6.70. The molecule has 1 atom stereocenters. The molecule has 46 heavy (non-hydrogen) atoms. The third-order valence-electron chi connectivity index (χ3n) is 7.71. The Balaban J connectivity index is 1.82. The lowest BCUT2D eigenvalue weighted by Crippen LogP contribution is -2.53. The van der Waals surface area contributed by atoms with Gasteiger partial charge in [-0.1, -0.05) is 80.0 Å². The molecule has 242 valence electrons. The second kappa shape index (κ2) is 15.4. The average Bonchev–Trinajstić information content (AvgIpc) is 3.03. The van der Waals surface area contributed by atoms with Crippen LogP contribution in [0.5, 0.6) is 0 Å². The van der Waals surface area contributed by atoms with Crippen LogP contribution in [0.2, 0.25) is 5.02 Å². The average molecular weight is 664 g/mol. The molecule has 0 saturated heterocycles. The number of rotatable bonds is 13. The number of carbonyl (C=O) groups excluding carboxylic acids is 2. The molecule has 7 nitrogen and oxygen atoms in total. The van der Waals surface area contributed by atoms with Gasteiger partial charge in [0, 0.05) is 30.1 Å². The topological polar surface area (TPSA) is 86.8 Å². The number of sulfonamides is 1. The van der Waals surface area contributed by atoms with Gasteiger partial charge in [-0.2, -0.15) is 0 Å². The van der Waals surface area contributed by atoms with E-state index in [0.29, 0.717) is 11.6 Å². The number of hydrogen-bond acceptors (Lipinski definition) is 4. The number of benzene rings is 4. The number of nitrogens with zero attached hydrogens (tertiary/aromatic N) is 2. The van der Waals surface area contributed by atoms with Crippen molar-refractivity contribution in [1.29, 1.82) is 0 Å². The molecule has 0 unspecified atom stereocenters. The van der Waals surface area contributed by atoms with E-state index in [2.05, 4.69) is 5.32 Å². The Kier molecular flexibility index (Phi) is 11.6. The summed E-state index contributed by atoms with van der Waals surface area (Å²) in [6.07, 6.45) is 0.137. The molecule has 0 heterocycles. The quantitative estimate of drug-likeness (QED) is 0.172. The van der Waals surface area contributed by atoms with Crippen LogP contribution < -0.4 is 9.62 Å². The van der Waals surface area contributed by atoms with E-state index >= 15 is 4.39 Å². The zero-order valence-corrected chi connectivity index (χ0v) is 28.0. The second-order valence-electron chi connectivity index (χ2n) is 11.7. The number of amides is 2. The molecule has 0 radical (unpaired) electrons. The number of nitrogens with one attached hydrogen (secondary N) is 1. The highest BCUT2D eigenvalue weighted by molar-refractivity contribution is 7.92. The molecule has 0 aliphatic rings. The SMILES string of the molecule is Cc1ccc(N(CC(=O)N(Cc2ccccc2F)[C@H](Cc2ccccc2)C(=O)NCC(C)C)S(=O)(=O)c2ccc(Cl)cc2)cc1C. The highest BCUT2D eigenvalue weighted by Crippen LogP contribution is 2.28. The first kappa shape index (κ1) is 34.7. The fourth-order valence-electron chi connectivity index (χ4n) is 4.93. The van der Waals surface area contributed by atoms with E-state index in [4.69, 9.17) is 11.6 Å². The maximum absolute atomic E-state index is 15.1. The molecule has 4 aromatic carbocycles. The maximum Gasteiger partial charge on any atom is 0.264 e. The van der Waals surface area contributed by atoms with Crippen LogP contribution in [0.1, 0.15) is 36.1 Å². The summed E-state index contributed by atoms with van der Waals surface area (Å²) in [5.74, 6) is -1.48. The smallest absolute Gasteiger partial charge is 0.264 e. The van der Waals surface area contributed by atoms with Gasteiger partial charge >= 0.3 is 0 Å². The van der Waals surface area contributed by atoms with Gasteiger partial charge < -0.3 is 10.2 Å². The van der Waals surface area contributed by atoms with Crippen molar-refractivity contribution < 1.29 is 22.4 Å². The van der Waals surface area contributed by atoms with E-state index in [1.54, 1.807) is 36.4 Å². The molecule has 0 aromatic heterocycles. The lowest BCUT2D eigenvalue weighted by atomic mass is 10.0. The summed E-state index contributed by atoms with van der Waals surface area (Å²) in [5, 5.41) is 3.29. The molecule has 0 spiro atoms. The molecular formula is C36H39ClFN3O4S. The van der Waals surface area contributed by atoms with Crippen molar-refractivity contribution in [3.63, 3.8) is 0 Å². The van der Waals surface area contributed by atoms with E-state index in [9.17, 15) is 18.0 Å². The van der Waals surface area contributed by atoms with Gasteiger partial charge in [-0.15, -0.1) is 0 Å². The number of anilines is 1. The summed E-state index contributed by atoms with van der Waals surface area (Å²) in [6, 6.07) is 25.0. The van der Waals surface area contributed by atoms with E-state index in [-0.39, 0.29) is 35.0 Å². The van der Waals surface area contributed by atoms with Crippen molar-refractivity contribution in [3.05, 3.63) is 130 Å². The van der Waals surface area contributed by atoms with E-state index in [0.717, 1.165) is 21.0 Å². The molecule has 4 aromatic rings. The first-order valence-electron chi connectivity index (χ1n) is 15.1. The van der Waals surface area contributed by atoms with Gasteiger partial charge in [0.05, 0.1) is 10.6 Å². The van der Waals surface area contributed by atoms with E-state index < -0.39 is 40.2 Å². The Morgan fingerprint density at radius 1 is 0.870 bits per heavy atom. The molecule has 2 amide bonds. The van der Waals surface area contributed by atoms with Crippen molar-refractivity contribution in [2.45, 2.75) is 51.6 Å². The number of hydrogen-bond donors (Lipinski definition) is 1. The minimum atomic E-state index is -4.28. The van der Waals surface area contributed by atoms with Gasteiger partial charge in [-0.3, -0.25) is 13.9 Å². The third kappa shape index (κ3) is 8.73. The van der Waals surface area contributed by atoms with Crippen molar-refractivity contribution in [2.75, 3.05) is 17.4 Å². The van der Waals surface area contributed by atoms with Gasteiger partial charge in [-0.05, 0) is 78.9 Å². The van der Waals surface area contributed by atoms with Gasteiger partial charge in [0.15, 0.2) is 0 Å². The summed E-state index contributed by atoms with van der Waals surface area (Å²) in [7, 11) is -4.28. The summed E-state index contributed by atoms with van der Waals surface area (Å²) < 4.78 is 44.4. The molecule has 0 aliphatic carbocycles. The molecule has 10 heteroatoms. The van der Waals surface area contributed by atoms with Gasteiger partial charge in [0.25, 0.3) is 10.0 Å². The Labute approximate surface area is 276 Å². The highest BCUT2D eigenvalue weighted by Gasteiger charge is 2.35. The van der Waals surface area contributed by atoms with Gasteiger partial charge in [0.1, 0.15) is 18.4 Å². The Morgan fingerprint density at radius 2 is 1.52 bits per heavy atom. The number of aryl methyl sites for hydroxylation is 2. The Bertz CT molecular complexity index is 1770. The van der Waals surface area contributed by atoms with Crippen LogP contribution in [0, 0.1) is 25.6 Å². The second-order valence-corrected chi connectivity index (χ2v) is 14.0. The first-order valence-corrected chi connectivity index (χ1v) is 16.9. The van der Waals surface area contributed by atoms with Crippen molar-refractivity contribution in [2.24, 2.45) is 5.92 Å². The van der Waals surface area contributed by atoms with Crippen molar-refractivity contribution in [3.8, 4) is 0 Å². The summed E-state index contributed by atoms with van der Waals surface area (Å²) >= 11 is 6.05. The van der Waals surface area contributed by atoms with Crippen molar-refractivity contribution >= 4 is 39.1 Å². The molecule has 0 aliphatic heterocycles. The lowest BCUT2D eigenvalue weighted by molar-refractivity contribution is -0.140. The van der Waals surface area contributed by atoms with E-state index in [1.807, 2.05) is 58.0 Å². The van der Waals surface area contributed by atoms with Crippen LogP contribution in [0.15, 0.2) is 102 Å². The van der Waals surface area contributed by atoms with Crippen molar-refractivity contribution in [1.82, 2.24) is 10.2 Å². The molecular weight excluding hydrogens is 625 g/mol. The van der Waals surface area contributed by atoms with Crippen LogP contribution in [-0.2, 0) is 32.6 Å². The summed E-state index contributed by atoms with van der Waals surface area (Å²) in [6.45, 7) is 7.15. The highest BCUT2D eigenvalue weighted by atomic mass is 35.5. The van der Waals surface area contributed by atoms with Crippen LogP contribution >= 0.6 is 11.6 Å². The predicted molar refractivity (Wildman–Crippen MR) is 181 cm³/mol. The minimum Gasteiger partial charge on any atom is -0.354 e. The molecule has 0 saturated carbocycles. The number of halogens is 2. The molecule has 4 rings (SSSR count). The monoisotopic (exact) mass is 663 g/mol. The van der Waals surface area contributed by atoms with Gasteiger partial charge in [-0.25, -0.2) is 12.8 Å². The minimum absolute atomic E-state index is 0.0564. The van der Waals surface area contributed by atoms with Gasteiger partial charge in [0.2, 0.25) is 11.8 Å². The summed E-state index contributed by atoms with van der Waals surface area (Å²) in [4.78, 5) is 29.5. The largest absolute Gasteiger partial charge is 0.354 e. The van der Waals surface area contributed by atoms with Crippen LogP contribution in [0.25, 0.3) is 0 Å². The Morgan fingerprint density at radius 3 is 2.15 bits per heavy atom. The maximum atomic E-state index is 15.1. The fourth-order valence-corrected chi connectivity index (χ4v) is 6.46. The Hall–Kier alpha value is -4.21. The third-order valence-corrected chi connectivity index (χ3v) is 9.75. The zero-order chi connectivity index (χ0) is 33.4. The lowest BCUT2D eigenvalue weighted by Gasteiger charge is -2.34. The molecule has 1 N–H and O–H groups in total. The van der Waals surface area contributed by atoms with Crippen LogP contribution in [0.3, 0.4) is 0 Å². The number of carbonyl (C=O) groups is 2. The van der Waals surface area contributed by atoms with Crippen LogP contribution in [0.4, 0.5) is 10.1 Å². The normalized spacial score (nSPS) is 12.1. The molecule has 0 bridgehead atoms. The first-order chi connectivity index (χ1) is 21.9. The molecule has 0 fully saturated rings. The van der Waals surface area contributed by atoms with Crippen LogP contribution in [-0.4, -0.2) is 44.3 Å². The van der Waals surface area contributed by atoms with E-state index in [1.165, 1.54) is 35.2 Å². The standard InChI is InChI=1S/C36H39ClFN3O4S/c1-25(2)22-39-36(43)34(21-28-10-6-5-7-11-28)40(23-29-12-8-9-13-33(29)38)35(42)24-41(31-17-14-26(3)27(4)20-31)46(44,45)32-18-15-30(37)16-19-32/h5-20,25,34H,21-24H2,1-4H3,(H,39,43)/t34-/m1/s1. The zero-order valence-electron chi connectivity index (χ0n) is 26.4. The fraction of sp³-hybridized carbons (Fsp3) is 0.278. The summed E-state index contributed by atoms with van der Waals surface area (Å²) in [5.41, 5.74) is 3.05.